The van der Waals surface area contributed by atoms with Crippen LogP contribution in [0.4, 0.5) is 0 Å². The first kappa shape index (κ1) is 26.3. The molecule has 0 bridgehead atoms. The maximum Gasteiger partial charge on any atom is 1.00 e. The molecule has 0 aliphatic carbocycles. The number of allylic oxidation sites excluding steroid dienone is 1. The Labute approximate surface area is 245 Å². The number of Topliss-reactive ketones (excluding diaryl/α,β-unsaturated/α-hetero) is 1. The summed E-state index contributed by atoms with van der Waals surface area (Å²) >= 11 is 1.10. The van der Waals surface area contributed by atoms with Gasteiger partial charge >= 0.3 is 103 Å². The van der Waals surface area contributed by atoms with Gasteiger partial charge < -0.3 is 9.11 Å². The number of hydrogen-bond donors (Lipinski definition) is 0. The number of benzene rings is 2. The number of carbonyl (C=O) groups excluding carboxylic acids is 1. The Morgan fingerprint density at radius 1 is 0.889 bits per heavy atom. The zero-order valence-electron chi connectivity index (χ0n) is 14.2. The minimum absolute atomic E-state index is 0. The summed E-state index contributed by atoms with van der Waals surface area (Å²) in [5.41, 5.74) is 0.287. The van der Waals surface area contributed by atoms with Crippen LogP contribution in [0.5, 0.6) is 0 Å². The topological polar surface area (TPSA) is 131 Å². The Bertz CT molecular complexity index is 1140. The standard InChI is InChI=1S/C15H10O7S3.2K/c16-15-11-3-1-2-4-12(11)23-13(15)7-9-5-6-10(24(17,18)19)8-14(9)25(20,21)22;;/h1-8H,(H,17,18,19)(H,20,21,22);;/q;2*+1/p-2/b13-7-;;. The maximum absolute atomic E-state index is 12.3. The first-order chi connectivity index (χ1) is 11.6. The molecule has 0 N–H and O–H groups in total. The second-order valence-corrected chi connectivity index (χ2v) is 8.86. The van der Waals surface area contributed by atoms with Crippen molar-refractivity contribution in [1.82, 2.24) is 0 Å². The number of thioether (sulfide) groups is 1. The van der Waals surface area contributed by atoms with Crippen molar-refractivity contribution in [2.24, 2.45) is 0 Å². The van der Waals surface area contributed by atoms with Crippen molar-refractivity contribution in [1.29, 1.82) is 0 Å². The maximum atomic E-state index is 12.3. The molecule has 130 valence electrons. The molecule has 1 aliphatic heterocycles. The minimum Gasteiger partial charge on any atom is -0.744 e. The molecule has 0 atom stereocenters. The van der Waals surface area contributed by atoms with Crippen LogP contribution < -0.4 is 103 Å². The van der Waals surface area contributed by atoms with Crippen molar-refractivity contribution >= 4 is 43.9 Å². The molecule has 1 heterocycles. The van der Waals surface area contributed by atoms with Gasteiger partial charge in [0.05, 0.1) is 14.7 Å². The summed E-state index contributed by atoms with van der Waals surface area (Å²) < 4.78 is 67.4. The van der Waals surface area contributed by atoms with E-state index in [0.29, 0.717) is 16.5 Å². The number of carbonyl (C=O) groups is 1. The molecule has 0 spiro atoms. The van der Waals surface area contributed by atoms with Gasteiger partial charge in [0, 0.05) is 10.5 Å². The molecule has 0 amide bonds. The second-order valence-electron chi connectivity index (χ2n) is 5.04. The van der Waals surface area contributed by atoms with Crippen LogP contribution in [0.2, 0.25) is 0 Å². The smallest absolute Gasteiger partial charge is 0.744 e. The quantitative estimate of drug-likeness (QED) is 0.249. The van der Waals surface area contributed by atoms with E-state index in [2.05, 4.69) is 0 Å². The average molecular weight is 475 g/mol. The van der Waals surface area contributed by atoms with Gasteiger partial charge in [-0.3, -0.25) is 4.79 Å². The van der Waals surface area contributed by atoms with E-state index in [-0.39, 0.29) is 119 Å². The van der Waals surface area contributed by atoms with E-state index in [9.17, 15) is 30.7 Å². The minimum atomic E-state index is -5.06. The van der Waals surface area contributed by atoms with Gasteiger partial charge in [-0.15, -0.1) is 0 Å². The third-order valence-corrected chi connectivity index (χ3v) is 6.23. The van der Waals surface area contributed by atoms with E-state index in [0.717, 1.165) is 23.9 Å². The van der Waals surface area contributed by atoms with Gasteiger partial charge in [0.25, 0.3) is 0 Å². The van der Waals surface area contributed by atoms with E-state index < -0.39 is 30.0 Å². The van der Waals surface area contributed by atoms with Crippen LogP contribution in [-0.2, 0) is 20.2 Å². The van der Waals surface area contributed by atoms with Gasteiger partial charge in [0.1, 0.15) is 20.2 Å². The predicted octanol–water partition coefficient (Wildman–Crippen LogP) is -4.17. The van der Waals surface area contributed by atoms with Crippen LogP contribution in [-0.4, -0.2) is 31.7 Å². The summed E-state index contributed by atoms with van der Waals surface area (Å²) in [6, 6.07) is 9.17. The van der Waals surface area contributed by atoms with Gasteiger partial charge in [0.2, 0.25) is 5.78 Å². The number of fused-ring (bicyclic) bond motifs is 1. The summed E-state index contributed by atoms with van der Waals surface area (Å²) in [4.78, 5) is 11.5. The van der Waals surface area contributed by atoms with E-state index in [1.807, 2.05) is 0 Å². The Morgan fingerprint density at radius 3 is 2.07 bits per heavy atom. The Balaban J connectivity index is 0.00000182. The number of hydrogen-bond acceptors (Lipinski definition) is 8. The molecule has 7 nitrogen and oxygen atoms in total. The molecule has 27 heavy (non-hydrogen) atoms. The molecule has 2 aromatic rings. The predicted molar refractivity (Wildman–Crippen MR) is 87.0 cm³/mol. The van der Waals surface area contributed by atoms with Gasteiger partial charge in [-0.05, 0) is 35.9 Å². The molecule has 0 aromatic heterocycles. The Hall–Kier alpha value is 1.29. The van der Waals surface area contributed by atoms with Crippen LogP contribution >= 0.6 is 11.8 Å². The molecular formula is C15H8K2O7S3. The van der Waals surface area contributed by atoms with Gasteiger partial charge in [0.15, 0.2) is 0 Å². The zero-order chi connectivity index (χ0) is 18.4. The van der Waals surface area contributed by atoms with Gasteiger partial charge in [-0.2, -0.15) is 0 Å². The van der Waals surface area contributed by atoms with Crippen molar-refractivity contribution in [3.63, 3.8) is 0 Å². The molecule has 0 fully saturated rings. The fourth-order valence-corrected chi connectivity index (χ4v) is 4.58. The van der Waals surface area contributed by atoms with Crippen molar-refractivity contribution < 1.29 is 134 Å². The molecule has 3 rings (SSSR count). The first-order valence-corrected chi connectivity index (χ1v) is 10.3. The summed E-state index contributed by atoms with van der Waals surface area (Å²) in [5, 5.41) is 0. The van der Waals surface area contributed by atoms with Crippen LogP contribution in [0, 0.1) is 0 Å². The average Bonchev–Trinajstić information content (AvgIpc) is 2.82. The SMILES string of the molecule is O=C1/C(=C/c2ccc(S(=O)(=O)[O-])cc2S(=O)(=O)[O-])Sc2ccccc21.[K+].[K+]. The second kappa shape index (κ2) is 10.1. The fourth-order valence-electron chi connectivity index (χ4n) is 2.28. The Kier molecular flexibility index (Phi) is 9.82. The van der Waals surface area contributed by atoms with Crippen molar-refractivity contribution in [2.75, 3.05) is 0 Å². The molecule has 2 aromatic carbocycles. The fraction of sp³-hybridized carbons (Fsp3) is 0. The summed E-state index contributed by atoms with van der Waals surface area (Å²) in [5.74, 6) is -0.338. The number of ketones is 1. The zero-order valence-corrected chi connectivity index (χ0v) is 22.9. The van der Waals surface area contributed by atoms with Crippen LogP contribution in [0.25, 0.3) is 6.08 Å². The van der Waals surface area contributed by atoms with E-state index in [4.69, 9.17) is 0 Å². The normalized spacial score (nSPS) is 15.0. The Morgan fingerprint density at radius 2 is 1.52 bits per heavy atom. The molecular weight excluding hydrogens is 467 g/mol. The molecule has 1 aliphatic rings. The third kappa shape index (κ3) is 6.15. The van der Waals surface area contributed by atoms with Crippen molar-refractivity contribution in [3.05, 3.63) is 58.5 Å². The summed E-state index contributed by atoms with van der Waals surface area (Å²) in [7, 11) is -9.99. The monoisotopic (exact) mass is 474 g/mol. The van der Waals surface area contributed by atoms with Crippen molar-refractivity contribution in [3.8, 4) is 0 Å². The van der Waals surface area contributed by atoms with Gasteiger partial charge in [-0.25, -0.2) is 16.8 Å². The van der Waals surface area contributed by atoms with Crippen LogP contribution in [0.15, 0.2) is 62.1 Å². The first-order valence-electron chi connectivity index (χ1n) is 6.66. The van der Waals surface area contributed by atoms with Crippen molar-refractivity contribution in [2.45, 2.75) is 14.7 Å². The van der Waals surface area contributed by atoms with E-state index >= 15 is 0 Å². The molecule has 0 radical (unpaired) electrons. The van der Waals surface area contributed by atoms with Crippen LogP contribution in [0.1, 0.15) is 15.9 Å². The number of rotatable bonds is 3. The third-order valence-electron chi connectivity index (χ3n) is 3.41. The largest absolute Gasteiger partial charge is 1.00 e. The summed E-state index contributed by atoms with van der Waals surface area (Å²) in [6.45, 7) is 0. The molecule has 0 saturated heterocycles. The van der Waals surface area contributed by atoms with E-state index in [1.165, 1.54) is 6.08 Å². The summed E-state index contributed by atoms with van der Waals surface area (Å²) in [6.07, 6.45) is 1.19. The van der Waals surface area contributed by atoms with Crippen LogP contribution in [0.3, 0.4) is 0 Å². The molecule has 0 saturated carbocycles. The van der Waals surface area contributed by atoms with Gasteiger partial charge in [-0.1, -0.05) is 30.0 Å². The molecule has 12 heteroatoms. The molecule has 0 unspecified atom stereocenters. The van der Waals surface area contributed by atoms with E-state index in [1.54, 1.807) is 24.3 Å².